The van der Waals surface area contributed by atoms with Crippen molar-refractivity contribution in [1.29, 1.82) is 0 Å². The van der Waals surface area contributed by atoms with Crippen molar-refractivity contribution in [1.82, 2.24) is 9.97 Å². The van der Waals surface area contributed by atoms with Gasteiger partial charge < -0.3 is 15.4 Å². The Bertz CT molecular complexity index is 410. The van der Waals surface area contributed by atoms with Crippen molar-refractivity contribution in [2.24, 2.45) is 0 Å². The lowest BCUT2D eigenvalue weighted by Gasteiger charge is -2.34. The average molecular weight is 236 g/mol. The normalized spacial score (nSPS) is 20.1. The van der Waals surface area contributed by atoms with E-state index in [1.165, 1.54) is 13.4 Å². The minimum absolute atomic E-state index is 0.220. The van der Waals surface area contributed by atoms with Crippen LogP contribution >= 0.6 is 0 Å². The van der Waals surface area contributed by atoms with Gasteiger partial charge in [-0.05, 0) is 19.3 Å². The summed E-state index contributed by atoms with van der Waals surface area (Å²) in [6.07, 6.45) is 4.26. The van der Waals surface area contributed by atoms with Gasteiger partial charge >= 0.3 is 5.97 Å². The van der Waals surface area contributed by atoms with Gasteiger partial charge in [0.25, 0.3) is 0 Å². The Kier molecular flexibility index (Phi) is 3.41. The molecule has 1 atom stereocenters. The molecule has 6 nitrogen and oxygen atoms in total. The Morgan fingerprint density at radius 3 is 3.06 bits per heavy atom. The summed E-state index contributed by atoms with van der Waals surface area (Å²) in [5.74, 6) is 0.874. The topological polar surface area (TPSA) is 81.3 Å². The third kappa shape index (κ3) is 2.46. The number of rotatable bonds is 2. The Balaban J connectivity index is 2.24. The first kappa shape index (κ1) is 11.6. The minimum Gasteiger partial charge on any atom is -0.467 e. The number of aromatic nitrogens is 2. The van der Waals surface area contributed by atoms with Gasteiger partial charge in [0.05, 0.1) is 7.11 Å². The zero-order chi connectivity index (χ0) is 12.3. The average Bonchev–Trinajstić information content (AvgIpc) is 2.38. The van der Waals surface area contributed by atoms with Crippen LogP contribution in [-0.2, 0) is 9.53 Å². The summed E-state index contributed by atoms with van der Waals surface area (Å²) in [6.45, 7) is 0.788. The first-order chi connectivity index (χ1) is 8.22. The van der Waals surface area contributed by atoms with Gasteiger partial charge in [0.1, 0.15) is 24.0 Å². The van der Waals surface area contributed by atoms with E-state index >= 15 is 0 Å². The molecular weight excluding hydrogens is 220 g/mol. The maximum absolute atomic E-state index is 11.7. The lowest BCUT2D eigenvalue weighted by Crippen LogP contribution is -2.45. The van der Waals surface area contributed by atoms with Gasteiger partial charge in [0.2, 0.25) is 0 Å². The molecule has 1 aromatic heterocycles. The van der Waals surface area contributed by atoms with E-state index in [1.54, 1.807) is 6.07 Å². The molecule has 1 aliphatic rings. The Hall–Kier alpha value is -1.85. The molecule has 0 saturated carbocycles. The van der Waals surface area contributed by atoms with Crippen molar-refractivity contribution in [2.45, 2.75) is 25.3 Å². The number of nitrogens with two attached hydrogens (primary N) is 1. The highest BCUT2D eigenvalue weighted by atomic mass is 16.5. The standard InChI is InChI=1S/C11H16N4O2/c1-17-11(16)8-4-2-3-5-15(8)10-6-9(12)13-7-14-10/h6-8H,2-5H2,1H3,(H2,12,13,14). The van der Waals surface area contributed by atoms with Crippen molar-refractivity contribution in [3.63, 3.8) is 0 Å². The van der Waals surface area contributed by atoms with Crippen LogP contribution in [0.4, 0.5) is 11.6 Å². The van der Waals surface area contributed by atoms with Gasteiger partial charge in [0.15, 0.2) is 0 Å². The highest BCUT2D eigenvalue weighted by Gasteiger charge is 2.30. The maximum Gasteiger partial charge on any atom is 0.328 e. The number of esters is 1. The van der Waals surface area contributed by atoms with Crippen LogP contribution < -0.4 is 10.6 Å². The van der Waals surface area contributed by atoms with Crippen LogP contribution in [-0.4, -0.2) is 35.6 Å². The zero-order valence-electron chi connectivity index (χ0n) is 9.80. The summed E-state index contributed by atoms with van der Waals surface area (Å²) in [7, 11) is 1.41. The number of nitrogens with zero attached hydrogens (tertiary/aromatic N) is 3. The predicted octanol–water partition coefficient (Wildman–Crippen LogP) is 0.591. The van der Waals surface area contributed by atoms with Crippen LogP contribution in [0, 0.1) is 0 Å². The fourth-order valence-electron chi connectivity index (χ4n) is 2.11. The molecule has 0 aromatic carbocycles. The van der Waals surface area contributed by atoms with Crippen LogP contribution in [0.25, 0.3) is 0 Å². The Labute approximate surface area is 99.8 Å². The first-order valence-electron chi connectivity index (χ1n) is 5.64. The van der Waals surface area contributed by atoms with E-state index < -0.39 is 0 Å². The largest absolute Gasteiger partial charge is 0.467 e. The van der Waals surface area contributed by atoms with Crippen LogP contribution in [0.5, 0.6) is 0 Å². The number of ether oxygens (including phenoxy) is 1. The molecule has 1 saturated heterocycles. The van der Waals surface area contributed by atoms with Crippen molar-refractivity contribution >= 4 is 17.6 Å². The lowest BCUT2D eigenvalue weighted by molar-refractivity contribution is -0.142. The van der Waals surface area contributed by atoms with Gasteiger partial charge in [-0.3, -0.25) is 0 Å². The summed E-state index contributed by atoms with van der Waals surface area (Å²) < 4.78 is 4.82. The molecule has 1 fully saturated rings. The molecule has 6 heteroatoms. The van der Waals surface area contributed by atoms with E-state index in [9.17, 15) is 4.79 Å². The monoisotopic (exact) mass is 236 g/mol. The number of carbonyl (C=O) groups excluding carboxylic acids is 1. The van der Waals surface area contributed by atoms with Gasteiger partial charge in [-0.25, -0.2) is 14.8 Å². The molecule has 92 valence electrons. The van der Waals surface area contributed by atoms with Gasteiger partial charge in [-0.2, -0.15) is 0 Å². The van der Waals surface area contributed by atoms with Crippen LogP contribution in [0.2, 0.25) is 0 Å². The number of carbonyl (C=O) groups is 1. The molecule has 0 aliphatic carbocycles. The number of piperidine rings is 1. The highest BCUT2D eigenvalue weighted by molar-refractivity contribution is 5.80. The minimum atomic E-state index is -0.261. The fourth-order valence-corrected chi connectivity index (χ4v) is 2.11. The molecule has 17 heavy (non-hydrogen) atoms. The molecule has 1 unspecified atom stereocenters. The van der Waals surface area contributed by atoms with E-state index in [0.29, 0.717) is 11.6 Å². The summed E-state index contributed by atoms with van der Waals surface area (Å²) >= 11 is 0. The van der Waals surface area contributed by atoms with Crippen molar-refractivity contribution in [3.8, 4) is 0 Å². The Morgan fingerprint density at radius 1 is 1.53 bits per heavy atom. The molecule has 2 N–H and O–H groups in total. The van der Waals surface area contributed by atoms with Crippen molar-refractivity contribution < 1.29 is 9.53 Å². The third-order valence-electron chi connectivity index (χ3n) is 2.94. The number of methoxy groups -OCH3 is 1. The number of nitrogen functional groups attached to an aromatic ring is 1. The second-order valence-electron chi connectivity index (χ2n) is 4.03. The number of hydrogen-bond acceptors (Lipinski definition) is 6. The van der Waals surface area contributed by atoms with Gasteiger partial charge in [-0.1, -0.05) is 0 Å². The molecule has 1 aliphatic heterocycles. The molecule has 1 aromatic rings. The number of anilines is 2. The summed E-state index contributed by atoms with van der Waals surface area (Å²) in [5.41, 5.74) is 5.63. The van der Waals surface area contributed by atoms with Gasteiger partial charge in [-0.15, -0.1) is 0 Å². The molecule has 0 bridgehead atoms. The van der Waals surface area contributed by atoms with Crippen LogP contribution in [0.3, 0.4) is 0 Å². The van der Waals surface area contributed by atoms with E-state index in [-0.39, 0.29) is 12.0 Å². The highest BCUT2D eigenvalue weighted by Crippen LogP contribution is 2.24. The quantitative estimate of drug-likeness (QED) is 0.757. The fraction of sp³-hybridized carbons (Fsp3) is 0.545. The molecule has 2 rings (SSSR count). The van der Waals surface area contributed by atoms with E-state index in [1.807, 2.05) is 4.90 Å². The zero-order valence-corrected chi connectivity index (χ0v) is 9.80. The van der Waals surface area contributed by atoms with Gasteiger partial charge in [0, 0.05) is 12.6 Å². The maximum atomic E-state index is 11.7. The van der Waals surface area contributed by atoms with Crippen LogP contribution in [0.15, 0.2) is 12.4 Å². The molecule has 0 amide bonds. The van der Waals surface area contributed by atoms with E-state index in [0.717, 1.165) is 25.8 Å². The summed E-state index contributed by atoms with van der Waals surface area (Å²) in [6, 6.07) is 1.42. The second-order valence-corrected chi connectivity index (χ2v) is 4.03. The first-order valence-corrected chi connectivity index (χ1v) is 5.64. The van der Waals surface area contributed by atoms with Crippen molar-refractivity contribution in [3.05, 3.63) is 12.4 Å². The van der Waals surface area contributed by atoms with E-state index in [4.69, 9.17) is 10.5 Å². The lowest BCUT2D eigenvalue weighted by atomic mass is 10.0. The second kappa shape index (κ2) is 4.99. The Morgan fingerprint density at radius 2 is 2.35 bits per heavy atom. The smallest absolute Gasteiger partial charge is 0.328 e. The summed E-state index contributed by atoms with van der Waals surface area (Å²) in [5, 5.41) is 0. The van der Waals surface area contributed by atoms with E-state index in [2.05, 4.69) is 9.97 Å². The van der Waals surface area contributed by atoms with Crippen molar-refractivity contribution in [2.75, 3.05) is 24.3 Å². The molecular formula is C11H16N4O2. The molecule has 0 spiro atoms. The SMILES string of the molecule is COC(=O)C1CCCCN1c1cc(N)ncn1. The van der Waals surface area contributed by atoms with Crippen LogP contribution in [0.1, 0.15) is 19.3 Å². The summed E-state index contributed by atoms with van der Waals surface area (Å²) in [4.78, 5) is 21.6. The third-order valence-corrected chi connectivity index (χ3v) is 2.94. The predicted molar refractivity (Wildman–Crippen MR) is 63.4 cm³/mol. The number of hydrogen-bond donors (Lipinski definition) is 1. The molecule has 2 heterocycles. The molecule has 0 radical (unpaired) electrons.